The lowest BCUT2D eigenvalue weighted by molar-refractivity contribution is -0.128. The third kappa shape index (κ3) is 4.10. The number of nitrogen functional groups attached to an aromatic ring is 1. The van der Waals surface area contributed by atoms with Gasteiger partial charge in [0.25, 0.3) is 5.91 Å². The first-order valence-electron chi connectivity index (χ1n) is 6.65. The Kier molecular flexibility index (Phi) is 5.23. The van der Waals surface area contributed by atoms with Crippen molar-refractivity contribution in [1.29, 1.82) is 0 Å². The lowest BCUT2D eigenvalue weighted by Gasteiger charge is -2.16. The van der Waals surface area contributed by atoms with Crippen molar-refractivity contribution in [3.05, 3.63) is 23.2 Å². The van der Waals surface area contributed by atoms with Gasteiger partial charge in [0.2, 0.25) is 0 Å². The van der Waals surface area contributed by atoms with Gasteiger partial charge < -0.3 is 20.5 Å². The number of nitrogens with two attached hydrogens (primary N) is 1. The first-order chi connectivity index (χ1) is 9.56. The van der Waals surface area contributed by atoms with Crippen molar-refractivity contribution in [2.75, 3.05) is 24.3 Å². The fourth-order valence-corrected chi connectivity index (χ4v) is 2.09. The number of carbonyl (C=O) groups is 1. The Bertz CT molecular complexity index is 475. The van der Waals surface area contributed by atoms with E-state index in [0.29, 0.717) is 23.0 Å². The molecule has 2 rings (SSSR count). The molecule has 3 N–H and O–H groups in total. The van der Waals surface area contributed by atoms with Gasteiger partial charge in [0.15, 0.2) is 0 Å². The van der Waals surface area contributed by atoms with Crippen molar-refractivity contribution >= 4 is 28.9 Å². The maximum atomic E-state index is 12.0. The summed E-state index contributed by atoms with van der Waals surface area (Å²) in [6, 6.07) is 4.96. The van der Waals surface area contributed by atoms with Crippen LogP contribution < -0.4 is 11.1 Å². The highest BCUT2D eigenvalue weighted by atomic mass is 35.5. The van der Waals surface area contributed by atoms with Crippen LogP contribution in [0.15, 0.2) is 18.2 Å². The number of halogens is 1. The maximum Gasteiger partial charge on any atom is 0.253 e. The third-order valence-electron chi connectivity index (χ3n) is 3.19. The average Bonchev–Trinajstić information content (AvgIpc) is 2.93. The van der Waals surface area contributed by atoms with Gasteiger partial charge in [0, 0.05) is 12.3 Å². The molecule has 1 aromatic rings. The Hall–Kier alpha value is -1.30. The molecule has 1 saturated heterocycles. The van der Waals surface area contributed by atoms with Crippen molar-refractivity contribution in [2.45, 2.75) is 32.0 Å². The number of anilines is 2. The fraction of sp³-hybridized carbons (Fsp3) is 0.500. The summed E-state index contributed by atoms with van der Waals surface area (Å²) in [5, 5.41) is 3.21. The van der Waals surface area contributed by atoms with E-state index in [4.69, 9.17) is 26.8 Å². The topological polar surface area (TPSA) is 73.6 Å². The van der Waals surface area contributed by atoms with Gasteiger partial charge in [-0.15, -0.1) is 0 Å². The zero-order chi connectivity index (χ0) is 14.5. The second kappa shape index (κ2) is 6.92. The van der Waals surface area contributed by atoms with Gasteiger partial charge >= 0.3 is 0 Å². The predicted octanol–water partition coefficient (Wildman–Crippen LogP) is 2.44. The Labute approximate surface area is 123 Å². The molecular weight excluding hydrogens is 280 g/mol. The molecule has 1 heterocycles. The molecule has 6 heteroatoms. The predicted molar refractivity (Wildman–Crippen MR) is 78.9 cm³/mol. The number of benzene rings is 1. The van der Waals surface area contributed by atoms with Crippen LogP contribution >= 0.6 is 11.6 Å². The first kappa shape index (κ1) is 15.1. The molecule has 0 aromatic heterocycles. The molecule has 20 heavy (non-hydrogen) atoms. The molecule has 1 amide bonds. The minimum Gasteiger partial charge on any atom is -0.397 e. The number of ether oxygens (including phenoxy) is 2. The molecular formula is C14H19ClN2O3. The SMILES string of the molecule is CC(OCC1CCCO1)C(=O)Nc1ccc(Cl)c(N)c1. The summed E-state index contributed by atoms with van der Waals surface area (Å²) in [7, 11) is 0. The van der Waals surface area contributed by atoms with Gasteiger partial charge in [-0.2, -0.15) is 0 Å². The summed E-state index contributed by atoms with van der Waals surface area (Å²) >= 11 is 5.83. The molecule has 0 spiro atoms. The standard InChI is InChI=1S/C14H19ClN2O3/c1-9(20-8-11-3-2-6-19-11)14(18)17-10-4-5-12(15)13(16)7-10/h4-5,7,9,11H,2-3,6,8,16H2,1H3,(H,17,18). The summed E-state index contributed by atoms with van der Waals surface area (Å²) in [4.78, 5) is 12.0. The number of carbonyl (C=O) groups excluding carboxylic acids is 1. The first-order valence-corrected chi connectivity index (χ1v) is 7.03. The number of amides is 1. The molecule has 2 unspecified atom stereocenters. The van der Waals surface area contributed by atoms with Crippen LogP contribution in [-0.2, 0) is 14.3 Å². The second-order valence-electron chi connectivity index (χ2n) is 4.84. The quantitative estimate of drug-likeness (QED) is 0.819. The lowest BCUT2D eigenvalue weighted by atomic mass is 10.2. The van der Waals surface area contributed by atoms with Crippen molar-refractivity contribution in [3.8, 4) is 0 Å². The Morgan fingerprint density at radius 1 is 1.65 bits per heavy atom. The molecule has 1 aromatic carbocycles. The number of nitrogens with one attached hydrogen (secondary N) is 1. The molecule has 0 bridgehead atoms. The third-order valence-corrected chi connectivity index (χ3v) is 3.53. The summed E-state index contributed by atoms with van der Waals surface area (Å²) in [6.45, 7) is 2.93. The molecule has 0 saturated carbocycles. The van der Waals surface area contributed by atoms with Crippen LogP contribution in [-0.4, -0.2) is 31.3 Å². The molecule has 2 atom stereocenters. The molecule has 0 aliphatic carbocycles. The molecule has 110 valence electrons. The molecule has 1 aliphatic heterocycles. The van der Waals surface area contributed by atoms with E-state index in [1.807, 2.05) is 0 Å². The van der Waals surface area contributed by atoms with Crippen LogP contribution in [0.3, 0.4) is 0 Å². The van der Waals surface area contributed by atoms with Gasteiger partial charge in [-0.1, -0.05) is 11.6 Å². The number of hydrogen-bond acceptors (Lipinski definition) is 4. The molecule has 1 fully saturated rings. The van der Waals surface area contributed by atoms with E-state index in [-0.39, 0.29) is 12.0 Å². The lowest BCUT2D eigenvalue weighted by Crippen LogP contribution is -2.30. The minimum absolute atomic E-state index is 0.108. The Balaban J connectivity index is 1.81. The van der Waals surface area contributed by atoms with Crippen LogP contribution in [0.2, 0.25) is 5.02 Å². The van der Waals surface area contributed by atoms with Gasteiger partial charge in [0.1, 0.15) is 6.10 Å². The van der Waals surface area contributed by atoms with E-state index >= 15 is 0 Å². The minimum atomic E-state index is -0.545. The maximum absolute atomic E-state index is 12.0. The Morgan fingerprint density at radius 2 is 2.45 bits per heavy atom. The van der Waals surface area contributed by atoms with E-state index in [0.717, 1.165) is 19.4 Å². The van der Waals surface area contributed by atoms with Crippen LogP contribution in [0.4, 0.5) is 11.4 Å². The van der Waals surface area contributed by atoms with E-state index in [1.54, 1.807) is 25.1 Å². The highest BCUT2D eigenvalue weighted by molar-refractivity contribution is 6.33. The smallest absolute Gasteiger partial charge is 0.253 e. The highest BCUT2D eigenvalue weighted by Gasteiger charge is 2.20. The molecule has 5 nitrogen and oxygen atoms in total. The van der Waals surface area contributed by atoms with Crippen molar-refractivity contribution in [2.24, 2.45) is 0 Å². The van der Waals surface area contributed by atoms with Gasteiger partial charge in [0.05, 0.1) is 23.4 Å². The van der Waals surface area contributed by atoms with E-state index in [2.05, 4.69) is 5.32 Å². The highest BCUT2D eigenvalue weighted by Crippen LogP contribution is 2.22. The average molecular weight is 299 g/mol. The van der Waals surface area contributed by atoms with Crippen LogP contribution in [0.1, 0.15) is 19.8 Å². The van der Waals surface area contributed by atoms with Crippen molar-refractivity contribution < 1.29 is 14.3 Å². The summed E-state index contributed by atoms with van der Waals surface area (Å²) < 4.78 is 11.0. The van der Waals surface area contributed by atoms with Crippen LogP contribution in [0.5, 0.6) is 0 Å². The van der Waals surface area contributed by atoms with Crippen molar-refractivity contribution in [3.63, 3.8) is 0 Å². The van der Waals surface area contributed by atoms with E-state index in [1.165, 1.54) is 0 Å². The zero-order valence-electron chi connectivity index (χ0n) is 11.4. The van der Waals surface area contributed by atoms with Gasteiger partial charge in [-0.05, 0) is 38.0 Å². The van der Waals surface area contributed by atoms with E-state index < -0.39 is 6.10 Å². The molecule has 1 aliphatic rings. The summed E-state index contributed by atoms with van der Waals surface area (Å²) in [5.74, 6) is -0.218. The Morgan fingerprint density at radius 3 is 3.10 bits per heavy atom. The fourth-order valence-electron chi connectivity index (χ4n) is 1.97. The second-order valence-corrected chi connectivity index (χ2v) is 5.24. The van der Waals surface area contributed by atoms with E-state index in [9.17, 15) is 4.79 Å². The monoisotopic (exact) mass is 298 g/mol. The molecule has 0 radical (unpaired) electrons. The van der Waals surface area contributed by atoms with Crippen molar-refractivity contribution in [1.82, 2.24) is 0 Å². The largest absolute Gasteiger partial charge is 0.397 e. The normalized spacial score (nSPS) is 19.8. The van der Waals surface area contributed by atoms with Crippen LogP contribution in [0, 0.1) is 0 Å². The van der Waals surface area contributed by atoms with Gasteiger partial charge in [-0.25, -0.2) is 0 Å². The number of rotatable bonds is 5. The zero-order valence-corrected chi connectivity index (χ0v) is 12.2. The number of hydrogen-bond donors (Lipinski definition) is 2. The van der Waals surface area contributed by atoms with Gasteiger partial charge in [-0.3, -0.25) is 4.79 Å². The summed E-state index contributed by atoms with van der Waals surface area (Å²) in [5.41, 5.74) is 6.71. The van der Waals surface area contributed by atoms with Crippen LogP contribution in [0.25, 0.3) is 0 Å². The summed E-state index contributed by atoms with van der Waals surface area (Å²) in [6.07, 6.45) is 1.60.